The lowest BCUT2D eigenvalue weighted by molar-refractivity contribution is -0.166. The minimum absolute atomic E-state index is 0.280. The quantitative estimate of drug-likeness (QED) is 0.549. The van der Waals surface area contributed by atoms with Gasteiger partial charge in [0, 0.05) is 7.11 Å². The van der Waals surface area contributed by atoms with Crippen molar-refractivity contribution in [1.29, 1.82) is 0 Å². The highest BCUT2D eigenvalue weighted by Gasteiger charge is 2.16. The predicted molar refractivity (Wildman–Crippen MR) is 40.1 cm³/mol. The summed E-state index contributed by atoms with van der Waals surface area (Å²) < 4.78 is 9.70. The Morgan fingerprint density at radius 1 is 1.27 bits per heavy atom. The number of hydrogen-bond acceptors (Lipinski definition) is 4. The van der Waals surface area contributed by atoms with Crippen molar-refractivity contribution in [3.05, 3.63) is 0 Å². The van der Waals surface area contributed by atoms with Gasteiger partial charge in [0.15, 0.2) is 6.29 Å². The average molecular weight is 164 g/mol. The molecule has 0 amide bonds. The minimum Gasteiger partial charge on any atom is -0.391 e. The first kappa shape index (κ1) is 10.8. The maximum absolute atomic E-state index is 9.08. The first-order chi connectivity index (χ1) is 5.07. The molecule has 0 radical (unpaired) electrons. The van der Waals surface area contributed by atoms with Crippen LogP contribution in [0.4, 0.5) is 0 Å². The molecule has 0 bridgehead atoms. The van der Waals surface area contributed by atoms with E-state index in [9.17, 15) is 0 Å². The van der Waals surface area contributed by atoms with Crippen LogP contribution in [0.2, 0.25) is 0 Å². The summed E-state index contributed by atoms with van der Waals surface area (Å²) in [6.07, 6.45) is -1.96. The average Bonchev–Trinajstić information content (AvgIpc) is 1.86. The van der Waals surface area contributed by atoms with Crippen LogP contribution in [0.5, 0.6) is 0 Å². The molecule has 3 unspecified atom stereocenters. The van der Waals surface area contributed by atoms with Crippen LogP contribution in [0.1, 0.15) is 13.8 Å². The molecular formula is C7H16O4. The minimum atomic E-state index is -0.871. The molecule has 0 heterocycles. The van der Waals surface area contributed by atoms with E-state index in [1.807, 2.05) is 0 Å². The Bertz CT molecular complexity index is 92.4. The first-order valence-electron chi connectivity index (χ1n) is 3.58. The van der Waals surface area contributed by atoms with Crippen LogP contribution in [0.25, 0.3) is 0 Å². The topological polar surface area (TPSA) is 58.9 Å². The van der Waals surface area contributed by atoms with Gasteiger partial charge >= 0.3 is 0 Å². The van der Waals surface area contributed by atoms with E-state index in [4.69, 9.17) is 19.7 Å². The Balaban J connectivity index is 3.69. The fraction of sp³-hybridized carbons (Fsp3) is 1.00. The van der Waals surface area contributed by atoms with Crippen molar-refractivity contribution in [2.45, 2.75) is 32.3 Å². The van der Waals surface area contributed by atoms with Crippen molar-refractivity contribution >= 4 is 0 Å². The van der Waals surface area contributed by atoms with Gasteiger partial charge in [0.2, 0.25) is 0 Å². The number of rotatable bonds is 5. The summed E-state index contributed by atoms with van der Waals surface area (Å²) in [5.41, 5.74) is 0. The standard InChI is InChI=1S/C7H16O4/c1-5(8)7(4-10-3)11-6(2)9/h5-9H,4H2,1-3H3. The molecular weight excluding hydrogens is 148 g/mol. The van der Waals surface area contributed by atoms with E-state index >= 15 is 0 Å². The molecule has 2 N–H and O–H groups in total. The largest absolute Gasteiger partial charge is 0.391 e. The molecule has 0 aromatic rings. The van der Waals surface area contributed by atoms with E-state index in [1.165, 1.54) is 14.0 Å². The van der Waals surface area contributed by atoms with Gasteiger partial charge in [0.1, 0.15) is 6.10 Å². The molecule has 0 fully saturated rings. The smallest absolute Gasteiger partial charge is 0.152 e. The van der Waals surface area contributed by atoms with E-state index < -0.39 is 18.5 Å². The fourth-order valence-electron chi connectivity index (χ4n) is 0.709. The Hall–Kier alpha value is -0.160. The fourth-order valence-corrected chi connectivity index (χ4v) is 0.709. The summed E-state index contributed by atoms with van der Waals surface area (Å²) in [6, 6.07) is 0. The number of aliphatic hydroxyl groups is 2. The molecule has 4 heteroatoms. The van der Waals surface area contributed by atoms with Crippen LogP contribution in [0.3, 0.4) is 0 Å². The van der Waals surface area contributed by atoms with Crippen molar-refractivity contribution in [2.75, 3.05) is 13.7 Å². The van der Waals surface area contributed by atoms with E-state index in [2.05, 4.69) is 0 Å². The molecule has 0 aliphatic rings. The lowest BCUT2D eigenvalue weighted by atomic mass is 10.2. The zero-order chi connectivity index (χ0) is 8.85. The van der Waals surface area contributed by atoms with Gasteiger partial charge in [0.25, 0.3) is 0 Å². The monoisotopic (exact) mass is 164 g/mol. The lowest BCUT2D eigenvalue weighted by Crippen LogP contribution is -2.33. The molecule has 0 aliphatic carbocycles. The van der Waals surface area contributed by atoms with Gasteiger partial charge in [-0.05, 0) is 13.8 Å². The Morgan fingerprint density at radius 2 is 1.82 bits per heavy atom. The number of ether oxygens (including phenoxy) is 2. The maximum Gasteiger partial charge on any atom is 0.152 e. The molecule has 0 spiro atoms. The highest BCUT2D eigenvalue weighted by Crippen LogP contribution is 2.02. The number of aliphatic hydroxyl groups excluding tert-OH is 2. The van der Waals surface area contributed by atoms with Crippen LogP contribution < -0.4 is 0 Å². The van der Waals surface area contributed by atoms with Crippen molar-refractivity contribution in [3.8, 4) is 0 Å². The molecule has 0 saturated heterocycles. The van der Waals surface area contributed by atoms with Gasteiger partial charge in [-0.25, -0.2) is 0 Å². The van der Waals surface area contributed by atoms with Crippen molar-refractivity contribution in [3.63, 3.8) is 0 Å². The molecule has 0 aromatic heterocycles. The molecule has 0 rings (SSSR count). The van der Waals surface area contributed by atoms with Gasteiger partial charge in [-0.2, -0.15) is 0 Å². The maximum atomic E-state index is 9.08. The van der Waals surface area contributed by atoms with Crippen LogP contribution in [0, 0.1) is 0 Å². The Labute approximate surface area is 66.7 Å². The third kappa shape index (κ3) is 5.15. The molecule has 0 saturated carbocycles. The van der Waals surface area contributed by atoms with E-state index in [0.717, 1.165) is 0 Å². The third-order valence-corrected chi connectivity index (χ3v) is 1.24. The second kappa shape index (κ2) is 5.49. The zero-order valence-corrected chi connectivity index (χ0v) is 7.15. The van der Waals surface area contributed by atoms with Gasteiger partial charge in [0.05, 0.1) is 12.7 Å². The lowest BCUT2D eigenvalue weighted by Gasteiger charge is -2.21. The van der Waals surface area contributed by atoms with Crippen LogP contribution in [-0.4, -0.2) is 42.4 Å². The van der Waals surface area contributed by atoms with Gasteiger partial charge in [-0.15, -0.1) is 0 Å². The predicted octanol–water partition coefficient (Wildman–Crippen LogP) is -0.263. The summed E-state index contributed by atoms with van der Waals surface area (Å²) in [5, 5.41) is 17.9. The summed E-state index contributed by atoms with van der Waals surface area (Å²) >= 11 is 0. The van der Waals surface area contributed by atoms with Gasteiger partial charge < -0.3 is 19.7 Å². The molecule has 11 heavy (non-hydrogen) atoms. The number of methoxy groups -OCH3 is 1. The molecule has 0 aliphatic heterocycles. The second-order valence-corrected chi connectivity index (χ2v) is 2.47. The summed E-state index contributed by atoms with van der Waals surface area (Å²) in [4.78, 5) is 0. The van der Waals surface area contributed by atoms with Crippen molar-refractivity contribution < 1.29 is 19.7 Å². The number of hydrogen-bond donors (Lipinski definition) is 2. The first-order valence-corrected chi connectivity index (χ1v) is 3.58. The highest BCUT2D eigenvalue weighted by molar-refractivity contribution is 4.63. The molecule has 3 atom stereocenters. The summed E-state index contributed by atoms with van der Waals surface area (Å²) in [6.45, 7) is 3.36. The highest BCUT2D eigenvalue weighted by atomic mass is 16.6. The van der Waals surface area contributed by atoms with E-state index in [1.54, 1.807) is 6.92 Å². The SMILES string of the molecule is COCC(OC(C)O)C(C)O. The third-order valence-electron chi connectivity index (χ3n) is 1.24. The van der Waals surface area contributed by atoms with E-state index in [0.29, 0.717) is 0 Å². The summed E-state index contributed by atoms with van der Waals surface area (Å²) in [7, 11) is 1.51. The van der Waals surface area contributed by atoms with Gasteiger partial charge in [-0.1, -0.05) is 0 Å². The Kier molecular flexibility index (Phi) is 5.41. The van der Waals surface area contributed by atoms with Gasteiger partial charge in [-0.3, -0.25) is 0 Å². The Morgan fingerprint density at radius 3 is 2.09 bits per heavy atom. The van der Waals surface area contributed by atoms with Crippen LogP contribution >= 0.6 is 0 Å². The zero-order valence-electron chi connectivity index (χ0n) is 7.15. The molecule has 68 valence electrons. The van der Waals surface area contributed by atoms with Crippen LogP contribution in [-0.2, 0) is 9.47 Å². The summed E-state index contributed by atoms with van der Waals surface area (Å²) in [5.74, 6) is 0. The normalized spacial score (nSPS) is 19.4. The van der Waals surface area contributed by atoms with Crippen LogP contribution in [0.15, 0.2) is 0 Å². The van der Waals surface area contributed by atoms with Crippen molar-refractivity contribution in [1.82, 2.24) is 0 Å². The van der Waals surface area contributed by atoms with Crippen molar-refractivity contribution in [2.24, 2.45) is 0 Å². The molecule has 0 aromatic carbocycles. The molecule has 4 nitrogen and oxygen atoms in total. The van der Waals surface area contributed by atoms with E-state index in [-0.39, 0.29) is 6.61 Å². The second-order valence-electron chi connectivity index (χ2n) is 2.47.